The van der Waals surface area contributed by atoms with Crippen LogP contribution in [0, 0.1) is 0 Å². The second-order valence-electron chi connectivity index (χ2n) is 7.94. The van der Waals surface area contributed by atoms with Crippen molar-refractivity contribution in [1.82, 2.24) is 9.78 Å². The third kappa shape index (κ3) is 4.59. The molecule has 7 nitrogen and oxygen atoms in total. The van der Waals surface area contributed by atoms with Gasteiger partial charge in [0, 0.05) is 29.9 Å². The first-order valence-corrected chi connectivity index (χ1v) is 11.2. The second-order valence-corrected chi connectivity index (χ2v) is 7.94. The molecular weight excluding hydrogens is 430 g/mol. The zero-order valence-corrected chi connectivity index (χ0v) is 18.9. The summed E-state index contributed by atoms with van der Waals surface area (Å²) < 4.78 is 18.8. The first kappa shape index (κ1) is 21.6. The number of para-hydroxylation sites is 1. The molecule has 4 aromatic rings. The minimum Gasteiger partial charge on any atom is -0.496 e. The molecule has 5 rings (SSSR count). The van der Waals surface area contributed by atoms with Crippen LogP contribution in [-0.4, -0.2) is 36.0 Å². The molecule has 7 heteroatoms. The molecule has 172 valence electrons. The fraction of sp³-hybridized carbons (Fsp3) is 0.185. The van der Waals surface area contributed by atoms with Gasteiger partial charge in [0.25, 0.3) is 5.91 Å². The lowest BCUT2D eigenvalue weighted by molar-refractivity contribution is 0.102. The van der Waals surface area contributed by atoms with E-state index in [4.69, 9.17) is 19.3 Å². The van der Waals surface area contributed by atoms with Crippen molar-refractivity contribution in [2.45, 2.75) is 13.0 Å². The first-order chi connectivity index (χ1) is 16.7. The van der Waals surface area contributed by atoms with Crippen LogP contribution < -0.4 is 19.5 Å². The summed E-state index contributed by atoms with van der Waals surface area (Å²) in [7, 11) is 1.61. The van der Waals surface area contributed by atoms with Crippen molar-refractivity contribution in [3.8, 4) is 28.5 Å². The van der Waals surface area contributed by atoms with Crippen molar-refractivity contribution < 1.29 is 19.0 Å². The molecule has 0 saturated heterocycles. The smallest absolute Gasteiger partial charge is 0.259 e. The topological polar surface area (TPSA) is 74.6 Å². The van der Waals surface area contributed by atoms with Gasteiger partial charge in [0.2, 0.25) is 0 Å². The maximum absolute atomic E-state index is 13.4. The number of ether oxygens (including phenoxy) is 3. The highest BCUT2D eigenvalue weighted by Crippen LogP contribution is 2.34. The van der Waals surface area contributed by atoms with Crippen molar-refractivity contribution in [3.63, 3.8) is 0 Å². The molecule has 0 fully saturated rings. The normalized spacial score (nSPS) is 12.6. The molecule has 1 N–H and O–H groups in total. The van der Waals surface area contributed by atoms with E-state index in [1.54, 1.807) is 24.1 Å². The van der Waals surface area contributed by atoms with E-state index in [0.717, 1.165) is 17.5 Å². The van der Waals surface area contributed by atoms with Gasteiger partial charge < -0.3 is 19.5 Å². The van der Waals surface area contributed by atoms with Crippen molar-refractivity contribution in [2.24, 2.45) is 0 Å². The van der Waals surface area contributed by atoms with E-state index in [1.165, 1.54) is 0 Å². The number of methoxy groups -OCH3 is 1. The Morgan fingerprint density at radius 2 is 1.76 bits per heavy atom. The van der Waals surface area contributed by atoms with Crippen LogP contribution >= 0.6 is 0 Å². The maximum atomic E-state index is 13.4. The molecule has 0 aliphatic carbocycles. The maximum Gasteiger partial charge on any atom is 0.259 e. The standard InChI is InChI=1S/C27H25N3O4/c1-32-23-11-6-5-10-21(23)26-22(18-30(29-26)17-19-8-3-2-4-9-19)27(31)28-20-12-13-24-25(16-20)34-15-7-14-33-24/h2-6,8-13,16,18H,7,14-15,17H2,1H3,(H,28,31). The minimum absolute atomic E-state index is 0.269. The Balaban J connectivity index is 1.49. The molecule has 1 aliphatic rings. The van der Waals surface area contributed by atoms with Crippen LogP contribution in [0.4, 0.5) is 5.69 Å². The van der Waals surface area contributed by atoms with E-state index >= 15 is 0 Å². The quantitative estimate of drug-likeness (QED) is 0.442. The average Bonchev–Trinajstić information content (AvgIpc) is 3.14. The molecule has 3 aromatic carbocycles. The van der Waals surface area contributed by atoms with Crippen molar-refractivity contribution in [1.29, 1.82) is 0 Å². The van der Waals surface area contributed by atoms with Crippen molar-refractivity contribution in [2.75, 3.05) is 25.6 Å². The number of amides is 1. The highest BCUT2D eigenvalue weighted by atomic mass is 16.5. The van der Waals surface area contributed by atoms with Crippen molar-refractivity contribution >= 4 is 11.6 Å². The van der Waals surface area contributed by atoms with E-state index in [1.807, 2.05) is 66.7 Å². The number of carbonyl (C=O) groups excluding carboxylic acids is 1. The Labute approximate surface area is 197 Å². The summed E-state index contributed by atoms with van der Waals surface area (Å²) in [6.45, 7) is 1.73. The number of hydrogen-bond acceptors (Lipinski definition) is 5. The number of nitrogens with zero attached hydrogens (tertiary/aromatic N) is 2. The highest BCUT2D eigenvalue weighted by molar-refractivity contribution is 6.08. The highest BCUT2D eigenvalue weighted by Gasteiger charge is 2.21. The fourth-order valence-electron chi connectivity index (χ4n) is 3.92. The van der Waals surface area contributed by atoms with Gasteiger partial charge in [0.05, 0.1) is 32.4 Å². The van der Waals surface area contributed by atoms with Crippen LogP contribution in [0.5, 0.6) is 17.2 Å². The van der Waals surface area contributed by atoms with Gasteiger partial charge in [-0.15, -0.1) is 0 Å². The Morgan fingerprint density at radius 3 is 2.59 bits per heavy atom. The lowest BCUT2D eigenvalue weighted by Gasteiger charge is -2.11. The molecule has 0 unspecified atom stereocenters. The first-order valence-electron chi connectivity index (χ1n) is 11.2. The molecule has 1 aliphatic heterocycles. The van der Waals surface area contributed by atoms with Crippen LogP contribution in [0.3, 0.4) is 0 Å². The summed E-state index contributed by atoms with van der Waals surface area (Å²) in [6.07, 6.45) is 2.59. The molecule has 1 aromatic heterocycles. The predicted octanol–water partition coefficient (Wildman–Crippen LogP) is 5.02. The Bertz CT molecular complexity index is 1300. The zero-order chi connectivity index (χ0) is 23.3. The van der Waals surface area contributed by atoms with Gasteiger partial charge in [0.15, 0.2) is 11.5 Å². The summed E-state index contributed by atoms with van der Waals surface area (Å²) in [5.41, 5.74) is 3.47. The van der Waals surface area contributed by atoms with Gasteiger partial charge in [0.1, 0.15) is 11.4 Å². The summed E-state index contributed by atoms with van der Waals surface area (Å²) >= 11 is 0. The molecule has 0 bridgehead atoms. The molecule has 1 amide bonds. The third-order valence-corrected chi connectivity index (χ3v) is 5.56. The van der Waals surface area contributed by atoms with Crippen LogP contribution in [-0.2, 0) is 6.54 Å². The van der Waals surface area contributed by atoms with Crippen LogP contribution in [0.2, 0.25) is 0 Å². The monoisotopic (exact) mass is 455 g/mol. The van der Waals surface area contributed by atoms with Crippen LogP contribution in [0.1, 0.15) is 22.3 Å². The van der Waals surface area contributed by atoms with Crippen molar-refractivity contribution in [3.05, 3.63) is 90.1 Å². The van der Waals surface area contributed by atoms with E-state index in [2.05, 4.69) is 5.32 Å². The molecule has 0 radical (unpaired) electrons. The summed E-state index contributed by atoms with van der Waals surface area (Å²) in [5.74, 6) is 1.69. The van der Waals surface area contributed by atoms with E-state index in [-0.39, 0.29) is 5.91 Å². The molecule has 34 heavy (non-hydrogen) atoms. The van der Waals surface area contributed by atoms with E-state index in [9.17, 15) is 4.79 Å². The fourth-order valence-corrected chi connectivity index (χ4v) is 3.92. The minimum atomic E-state index is -0.269. The van der Waals surface area contributed by atoms with Crippen LogP contribution in [0.15, 0.2) is 79.0 Å². The summed E-state index contributed by atoms with van der Waals surface area (Å²) in [5, 5.41) is 7.75. The number of nitrogens with one attached hydrogen (secondary N) is 1. The summed E-state index contributed by atoms with van der Waals surface area (Å²) in [6, 6.07) is 23.0. The Kier molecular flexibility index (Phi) is 6.16. The van der Waals surface area contributed by atoms with Crippen LogP contribution in [0.25, 0.3) is 11.3 Å². The number of anilines is 1. The lowest BCUT2D eigenvalue weighted by Crippen LogP contribution is -2.12. The number of benzene rings is 3. The largest absolute Gasteiger partial charge is 0.496 e. The number of fused-ring (bicyclic) bond motifs is 1. The number of carbonyl (C=O) groups is 1. The second kappa shape index (κ2) is 9.70. The zero-order valence-electron chi connectivity index (χ0n) is 18.9. The Hall–Kier alpha value is -4.26. The SMILES string of the molecule is COc1ccccc1-c1nn(Cc2ccccc2)cc1C(=O)Nc1ccc2c(c1)OCCCO2. The number of hydrogen-bond donors (Lipinski definition) is 1. The summed E-state index contributed by atoms with van der Waals surface area (Å²) in [4.78, 5) is 13.4. The number of aromatic nitrogens is 2. The van der Waals surface area contributed by atoms with Gasteiger partial charge in [-0.1, -0.05) is 42.5 Å². The van der Waals surface area contributed by atoms with Gasteiger partial charge in [-0.25, -0.2) is 0 Å². The predicted molar refractivity (Wildman–Crippen MR) is 130 cm³/mol. The lowest BCUT2D eigenvalue weighted by atomic mass is 10.1. The molecule has 0 saturated carbocycles. The van der Waals surface area contributed by atoms with Gasteiger partial charge in [-0.3, -0.25) is 9.48 Å². The van der Waals surface area contributed by atoms with Gasteiger partial charge in [-0.05, 0) is 29.8 Å². The van der Waals surface area contributed by atoms with Gasteiger partial charge in [-0.2, -0.15) is 5.10 Å². The van der Waals surface area contributed by atoms with E-state index < -0.39 is 0 Å². The molecular formula is C27H25N3O4. The van der Waals surface area contributed by atoms with E-state index in [0.29, 0.717) is 54.0 Å². The molecule has 0 spiro atoms. The number of rotatable bonds is 6. The molecule has 0 atom stereocenters. The molecule has 2 heterocycles. The van der Waals surface area contributed by atoms with Gasteiger partial charge >= 0.3 is 0 Å². The Morgan fingerprint density at radius 1 is 1.00 bits per heavy atom. The third-order valence-electron chi connectivity index (χ3n) is 5.56. The average molecular weight is 456 g/mol.